The van der Waals surface area contributed by atoms with Gasteiger partial charge in [-0.05, 0) is 29.8 Å². The Balaban J connectivity index is 0.00000300. The molecule has 0 atom stereocenters. The lowest BCUT2D eigenvalue weighted by Crippen LogP contribution is -3.00. The summed E-state index contributed by atoms with van der Waals surface area (Å²) in [5, 5.41) is 4.66. The molecule has 3 rings (SSSR count). The third kappa shape index (κ3) is 7.21. The molecule has 0 unspecified atom stereocenters. The van der Waals surface area contributed by atoms with Crippen molar-refractivity contribution in [3.63, 3.8) is 0 Å². The molecule has 0 saturated carbocycles. The number of benzene rings is 2. The highest BCUT2D eigenvalue weighted by atomic mass is 35.5. The molecule has 1 saturated heterocycles. The SMILES string of the molecule is COc1cc(CNCCN2CCOCC2)ccc1OCc1c(Cl)cccc1Cl.[Cl-]. The van der Waals surface area contributed by atoms with Crippen LogP contribution in [-0.4, -0.2) is 51.4 Å². The third-order valence-corrected chi connectivity index (χ3v) is 5.41. The van der Waals surface area contributed by atoms with Crippen LogP contribution in [0.1, 0.15) is 11.1 Å². The molecule has 1 N–H and O–H groups in total. The van der Waals surface area contributed by atoms with E-state index in [1.54, 1.807) is 19.2 Å². The topological polar surface area (TPSA) is 43.0 Å². The lowest BCUT2D eigenvalue weighted by Gasteiger charge is -2.26. The predicted octanol–water partition coefficient (Wildman–Crippen LogP) is 1.01. The first-order valence-electron chi connectivity index (χ1n) is 9.41. The van der Waals surface area contributed by atoms with Gasteiger partial charge in [-0.1, -0.05) is 35.3 Å². The highest BCUT2D eigenvalue weighted by molar-refractivity contribution is 6.35. The van der Waals surface area contributed by atoms with E-state index in [1.807, 2.05) is 24.3 Å². The Kier molecular flexibility index (Phi) is 10.4. The smallest absolute Gasteiger partial charge is 0.161 e. The first-order chi connectivity index (χ1) is 13.7. The average molecular weight is 461 g/mol. The van der Waals surface area contributed by atoms with Gasteiger partial charge in [0.05, 0.1) is 20.3 Å². The number of nitrogens with zero attached hydrogens (tertiary/aromatic N) is 1. The fourth-order valence-corrected chi connectivity index (χ4v) is 3.56. The second-order valence-electron chi connectivity index (χ2n) is 6.60. The van der Waals surface area contributed by atoms with Crippen molar-refractivity contribution >= 4 is 23.2 Å². The standard InChI is InChI=1S/C21H26Cl2N2O3.ClH/c1-26-21-13-16(14-24-7-8-25-9-11-27-12-10-25)5-6-20(21)28-15-17-18(22)3-2-4-19(17)23;/h2-6,13,24H,7-12,14-15H2,1H3;1H/p-1. The van der Waals surface area contributed by atoms with Crippen LogP contribution in [0.25, 0.3) is 0 Å². The van der Waals surface area contributed by atoms with Crippen molar-refractivity contribution in [3.8, 4) is 11.5 Å². The van der Waals surface area contributed by atoms with E-state index in [-0.39, 0.29) is 19.0 Å². The van der Waals surface area contributed by atoms with Crippen LogP contribution in [0.3, 0.4) is 0 Å². The van der Waals surface area contributed by atoms with Gasteiger partial charge in [-0.2, -0.15) is 0 Å². The van der Waals surface area contributed by atoms with E-state index in [4.69, 9.17) is 37.4 Å². The summed E-state index contributed by atoms with van der Waals surface area (Å²) in [4.78, 5) is 2.41. The molecular weight excluding hydrogens is 435 g/mol. The molecule has 1 heterocycles. The first kappa shape index (κ1) is 24.1. The minimum absolute atomic E-state index is 0. The second-order valence-corrected chi connectivity index (χ2v) is 7.42. The Hall–Kier alpha value is -1.21. The monoisotopic (exact) mass is 459 g/mol. The van der Waals surface area contributed by atoms with Crippen LogP contribution in [-0.2, 0) is 17.9 Å². The van der Waals surface area contributed by atoms with Gasteiger partial charge in [-0.25, -0.2) is 0 Å². The summed E-state index contributed by atoms with van der Waals surface area (Å²) in [6, 6.07) is 11.4. The van der Waals surface area contributed by atoms with Crippen molar-refractivity contribution in [3.05, 3.63) is 57.6 Å². The predicted molar refractivity (Wildman–Crippen MR) is 113 cm³/mol. The first-order valence-corrected chi connectivity index (χ1v) is 10.2. The van der Waals surface area contributed by atoms with E-state index < -0.39 is 0 Å². The molecule has 0 radical (unpaired) electrons. The van der Waals surface area contributed by atoms with Crippen LogP contribution in [0.4, 0.5) is 0 Å². The zero-order valence-electron chi connectivity index (χ0n) is 16.4. The Morgan fingerprint density at radius 2 is 1.79 bits per heavy atom. The molecule has 0 amide bonds. The van der Waals surface area contributed by atoms with Crippen molar-refractivity contribution in [1.82, 2.24) is 10.2 Å². The van der Waals surface area contributed by atoms with Crippen LogP contribution < -0.4 is 27.2 Å². The molecule has 1 fully saturated rings. The van der Waals surface area contributed by atoms with E-state index in [2.05, 4.69) is 10.2 Å². The molecule has 1 aliphatic heterocycles. The molecule has 29 heavy (non-hydrogen) atoms. The van der Waals surface area contributed by atoms with E-state index in [1.165, 1.54) is 0 Å². The van der Waals surface area contributed by atoms with Gasteiger partial charge in [0.25, 0.3) is 0 Å². The molecule has 8 heteroatoms. The van der Waals surface area contributed by atoms with Crippen molar-refractivity contribution < 1.29 is 26.6 Å². The Morgan fingerprint density at radius 1 is 1.07 bits per heavy atom. The molecular formula is C21H26Cl3N2O3-. The number of ether oxygens (including phenoxy) is 3. The summed E-state index contributed by atoms with van der Waals surface area (Å²) < 4.78 is 16.8. The van der Waals surface area contributed by atoms with Crippen molar-refractivity contribution in [2.75, 3.05) is 46.5 Å². The quantitative estimate of drug-likeness (QED) is 0.566. The lowest BCUT2D eigenvalue weighted by molar-refractivity contribution is -0.00000770. The molecule has 0 aromatic heterocycles. The van der Waals surface area contributed by atoms with Crippen LogP contribution in [0.5, 0.6) is 11.5 Å². The Labute approximate surface area is 188 Å². The third-order valence-electron chi connectivity index (χ3n) is 4.70. The van der Waals surface area contributed by atoms with Crippen LogP contribution in [0.15, 0.2) is 36.4 Å². The molecule has 2 aromatic carbocycles. The van der Waals surface area contributed by atoms with Crippen LogP contribution >= 0.6 is 23.2 Å². The van der Waals surface area contributed by atoms with Gasteiger partial charge in [0, 0.05) is 48.3 Å². The minimum Gasteiger partial charge on any atom is -1.00 e. The van der Waals surface area contributed by atoms with Gasteiger partial charge >= 0.3 is 0 Å². The zero-order chi connectivity index (χ0) is 19.8. The van der Waals surface area contributed by atoms with Gasteiger partial charge in [-0.15, -0.1) is 0 Å². The van der Waals surface area contributed by atoms with E-state index in [0.717, 1.165) is 57.1 Å². The Morgan fingerprint density at radius 3 is 2.48 bits per heavy atom. The molecule has 0 bridgehead atoms. The average Bonchev–Trinajstić information content (AvgIpc) is 2.72. The largest absolute Gasteiger partial charge is 1.00 e. The van der Waals surface area contributed by atoms with Gasteiger partial charge < -0.3 is 31.9 Å². The number of halogens is 3. The fourth-order valence-electron chi connectivity index (χ4n) is 3.06. The molecule has 160 valence electrons. The summed E-state index contributed by atoms with van der Waals surface area (Å²) in [5.41, 5.74) is 1.91. The number of morpholine rings is 1. The fraction of sp³-hybridized carbons (Fsp3) is 0.429. The number of hydrogen-bond acceptors (Lipinski definition) is 5. The maximum Gasteiger partial charge on any atom is 0.161 e. The summed E-state index contributed by atoms with van der Waals surface area (Å²) >= 11 is 12.4. The summed E-state index contributed by atoms with van der Waals surface area (Å²) in [6.45, 7) is 6.71. The van der Waals surface area contributed by atoms with Gasteiger partial charge in [0.1, 0.15) is 6.61 Å². The number of methoxy groups -OCH3 is 1. The normalized spacial score (nSPS) is 14.3. The van der Waals surface area contributed by atoms with Crippen molar-refractivity contribution in [2.24, 2.45) is 0 Å². The Bertz CT molecular complexity index is 751. The highest BCUT2D eigenvalue weighted by Gasteiger charge is 2.11. The summed E-state index contributed by atoms with van der Waals surface area (Å²) in [7, 11) is 1.64. The summed E-state index contributed by atoms with van der Waals surface area (Å²) in [5.74, 6) is 1.35. The van der Waals surface area contributed by atoms with Gasteiger partial charge in [0.15, 0.2) is 11.5 Å². The number of nitrogens with one attached hydrogen (secondary N) is 1. The molecule has 0 spiro atoms. The molecule has 5 nitrogen and oxygen atoms in total. The molecule has 0 aliphatic carbocycles. The van der Waals surface area contributed by atoms with Crippen molar-refractivity contribution in [1.29, 1.82) is 0 Å². The highest BCUT2D eigenvalue weighted by Crippen LogP contribution is 2.31. The number of hydrogen-bond donors (Lipinski definition) is 1. The van der Waals surface area contributed by atoms with Gasteiger partial charge in [0.2, 0.25) is 0 Å². The van der Waals surface area contributed by atoms with E-state index in [9.17, 15) is 0 Å². The maximum atomic E-state index is 6.21. The second kappa shape index (κ2) is 12.5. The minimum atomic E-state index is 0. The van der Waals surface area contributed by atoms with Crippen LogP contribution in [0.2, 0.25) is 10.0 Å². The van der Waals surface area contributed by atoms with E-state index >= 15 is 0 Å². The molecule has 1 aliphatic rings. The zero-order valence-corrected chi connectivity index (χ0v) is 18.7. The maximum absolute atomic E-state index is 6.21. The van der Waals surface area contributed by atoms with Gasteiger partial charge in [-0.3, -0.25) is 4.90 Å². The van der Waals surface area contributed by atoms with E-state index in [0.29, 0.717) is 21.5 Å². The molecule has 2 aromatic rings. The lowest BCUT2D eigenvalue weighted by atomic mass is 10.2. The van der Waals surface area contributed by atoms with Crippen molar-refractivity contribution in [2.45, 2.75) is 13.2 Å². The number of rotatable bonds is 9. The van der Waals surface area contributed by atoms with Crippen LogP contribution in [0, 0.1) is 0 Å². The summed E-state index contributed by atoms with van der Waals surface area (Å²) in [6.07, 6.45) is 0.